The van der Waals surface area contributed by atoms with Crippen LogP contribution in [0.15, 0.2) is 65.8 Å². The first kappa shape index (κ1) is 18.8. The molecule has 0 atom stereocenters. The molecule has 2 N–H and O–H groups in total. The van der Waals surface area contributed by atoms with Crippen LogP contribution in [0, 0.1) is 6.92 Å². The molecule has 0 radical (unpaired) electrons. The molecule has 7 nitrogen and oxygen atoms in total. The summed E-state index contributed by atoms with van der Waals surface area (Å²) in [5.74, 6) is -0.596. The minimum atomic E-state index is -3.81. The van der Waals surface area contributed by atoms with Crippen molar-refractivity contribution < 1.29 is 13.2 Å². The van der Waals surface area contributed by atoms with E-state index in [9.17, 15) is 13.2 Å². The van der Waals surface area contributed by atoms with E-state index in [2.05, 4.69) is 20.0 Å². The lowest BCUT2D eigenvalue weighted by Crippen LogP contribution is -2.17. The largest absolute Gasteiger partial charge is 0.321 e. The molecule has 27 heavy (non-hydrogen) atoms. The van der Waals surface area contributed by atoms with Gasteiger partial charge in [-0.2, -0.15) is 0 Å². The Bertz CT molecular complexity index is 1070. The van der Waals surface area contributed by atoms with Crippen molar-refractivity contribution in [2.24, 2.45) is 0 Å². The lowest BCUT2D eigenvalue weighted by molar-refractivity contribution is 0.102. The molecule has 1 aromatic heterocycles. The summed E-state index contributed by atoms with van der Waals surface area (Å²) in [4.78, 5) is 20.1. The van der Waals surface area contributed by atoms with E-state index in [1.165, 1.54) is 24.5 Å². The summed E-state index contributed by atoms with van der Waals surface area (Å²) < 4.78 is 26.9. The highest BCUT2D eigenvalue weighted by Crippen LogP contribution is 2.21. The van der Waals surface area contributed by atoms with Crippen LogP contribution in [0.3, 0.4) is 0 Å². The third kappa shape index (κ3) is 4.60. The summed E-state index contributed by atoms with van der Waals surface area (Å²) >= 11 is 6.00. The van der Waals surface area contributed by atoms with Crippen LogP contribution in [-0.4, -0.2) is 24.3 Å². The Morgan fingerprint density at radius 1 is 1.00 bits per heavy atom. The second-order valence-corrected chi connectivity index (χ2v) is 7.74. The smallest absolute Gasteiger partial charge is 0.264 e. The average molecular weight is 403 g/mol. The minimum absolute atomic E-state index is 0.0947. The molecule has 0 fully saturated rings. The van der Waals surface area contributed by atoms with Gasteiger partial charge in [0.2, 0.25) is 5.95 Å². The number of nitrogens with zero attached hydrogens (tertiary/aromatic N) is 2. The first-order valence-corrected chi connectivity index (χ1v) is 9.69. The van der Waals surface area contributed by atoms with Crippen molar-refractivity contribution >= 4 is 39.2 Å². The predicted molar refractivity (Wildman–Crippen MR) is 103 cm³/mol. The Labute approximate surface area is 161 Å². The van der Waals surface area contributed by atoms with E-state index in [0.29, 0.717) is 10.7 Å². The SMILES string of the molecule is Cc1ccc(S(=O)(=O)Nc2ncc(C(=O)Nc3ccccc3Cl)cn2)cc1. The highest BCUT2D eigenvalue weighted by Gasteiger charge is 2.16. The van der Waals surface area contributed by atoms with Crippen molar-refractivity contribution in [1.29, 1.82) is 0 Å². The number of para-hydroxylation sites is 1. The number of anilines is 2. The Morgan fingerprint density at radius 3 is 2.26 bits per heavy atom. The molecule has 0 unspecified atom stereocenters. The van der Waals surface area contributed by atoms with E-state index in [0.717, 1.165) is 5.56 Å². The highest BCUT2D eigenvalue weighted by molar-refractivity contribution is 7.92. The van der Waals surface area contributed by atoms with Crippen LogP contribution < -0.4 is 10.0 Å². The number of sulfonamides is 1. The lowest BCUT2D eigenvalue weighted by Gasteiger charge is -2.08. The van der Waals surface area contributed by atoms with Gasteiger partial charge >= 0.3 is 0 Å². The fourth-order valence-corrected chi connectivity index (χ4v) is 3.29. The Hall–Kier alpha value is -2.97. The van der Waals surface area contributed by atoms with Crippen LogP contribution >= 0.6 is 11.6 Å². The quantitative estimate of drug-likeness (QED) is 0.680. The second-order valence-electron chi connectivity index (χ2n) is 5.65. The third-order valence-corrected chi connectivity index (χ3v) is 5.27. The summed E-state index contributed by atoms with van der Waals surface area (Å²) in [5, 5.41) is 3.03. The maximum atomic E-state index is 12.3. The maximum Gasteiger partial charge on any atom is 0.264 e. The van der Waals surface area contributed by atoms with Crippen LogP contribution in [0.25, 0.3) is 0 Å². The number of benzene rings is 2. The molecule has 0 aliphatic heterocycles. The molecule has 1 amide bonds. The van der Waals surface area contributed by atoms with Gasteiger partial charge in [0.15, 0.2) is 0 Å². The van der Waals surface area contributed by atoms with Crippen molar-refractivity contribution in [3.05, 3.63) is 77.1 Å². The van der Waals surface area contributed by atoms with Crippen molar-refractivity contribution in [1.82, 2.24) is 9.97 Å². The fraction of sp³-hybridized carbons (Fsp3) is 0.0556. The van der Waals surface area contributed by atoms with Gasteiger partial charge < -0.3 is 5.32 Å². The number of halogens is 1. The molecule has 0 aliphatic rings. The van der Waals surface area contributed by atoms with Crippen LogP contribution in [-0.2, 0) is 10.0 Å². The van der Waals surface area contributed by atoms with E-state index in [1.54, 1.807) is 36.4 Å². The molecular formula is C18H15ClN4O3S. The average Bonchev–Trinajstić information content (AvgIpc) is 2.64. The number of hydrogen-bond donors (Lipinski definition) is 2. The van der Waals surface area contributed by atoms with Gasteiger partial charge in [0.05, 0.1) is 21.2 Å². The Morgan fingerprint density at radius 2 is 1.63 bits per heavy atom. The number of aryl methyl sites for hydroxylation is 1. The summed E-state index contributed by atoms with van der Waals surface area (Å²) in [5.41, 5.74) is 1.56. The molecule has 0 saturated heterocycles. The van der Waals surface area contributed by atoms with E-state index in [1.807, 2.05) is 6.92 Å². The third-order valence-electron chi connectivity index (χ3n) is 3.59. The predicted octanol–water partition coefficient (Wildman–Crippen LogP) is 3.49. The molecule has 138 valence electrons. The van der Waals surface area contributed by atoms with Crippen molar-refractivity contribution in [3.63, 3.8) is 0 Å². The van der Waals surface area contributed by atoms with Gasteiger partial charge in [-0.25, -0.2) is 23.1 Å². The molecule has 1 heterocycles. The number of aromatic nitrogens is 2. The van der Waals surface area contributed by atoms with E-state index in [-0.39, 0.29) is 16.4 Å². The van der Waals surface area contributed by atoms with Crippen molar-refractivity contribution in [2.75, 3.05) is 10.0 Å². The lowest BCUT2D eigenvalue weighted by atomic mass is 10.2. The van der Waals surface area contributed by atoms with Crippen LogP contribution in [0.4, 0.5) is 11.6 Å². The normalized spacial score (nSPS) is 11.0. The molecule has 3 aromatic rings. The van der Waals surface area contributed by atoms with Crippen LogP contribution in [0.5, 0.6) is 0 Å². The topological polar surface area (TPSA) is 101 Å². The summed E-state index contributed by atoms with van der Waals surface area (Å²) in [6, 6.07) is 13.2. The first-order chi connectivity index (χ1) is 12.8. The van der Waals surface area contributed by atoms with Gasteiger partial charge in [-0.3, -0.25) is 4.79 Å². The van der Waals surface area contributed by atoms with Gasteiger partial charge in [0.1, 0.15) is 0 Å². The first-order valence-electron chi connectivity index (χ1n) is 7.82. The van der Waals surface area contributed by atoms with E-state index < -0.39 is 15.9 Å². The molecule has 0 spiro atoms. The number of rotatable bonds is 5. The number of nitrogens with one attached hydrogen (secondary N) is 2. The number of amides is 1. The molecule has 0 aliphatic carbocycles. The zero-order valence-electron chi connectivity index (χ0n) is 14.2. The fourth-order valence-electron chi connectivity index (χ4n) is 2.15. The zero-order valence-corrected chi connectivity index (χ0v) is 15.8. The van der Waals surface area contributed by atoms with Crippen LogP contribution in [0.2, 0.25) is 5.02 Å². The summed E-state index contributed by atoms with van der Waals surface area (Å²) in [6.07, 6.45) is 2.46. The number of hydrogen-bond acceptors (Lipinski definition) is 5. The molecule has 9 heteroatoms. The van der Waals surface area contributed by atoms with E-state index >= 15 is 0 Å². The molecule has 3 rings (SSSR count). The van der Waals surface area contributed by atoms with Gasteiger partial charge in [-0.1, -0.05) is 41.4 Å². The van der Waals surface area contributed by atoms with Crippen LogP contribution in [0.1, 0.15) is 15.9 Å². The van der Waals surface area contributed by atoms with Gasteiger partial charge in [-0.15, -0.1) is 0 Å². The molecule has 0 saturated carbocycles. The number of carbonyl (C=O) groups excluding carboxylic acids is 1. The van der Waals surface area contributed by atoms with Crippen molar-refractivity contribution in [3.8, 4) is 0 Å². The Kier molecular flexibility index (Phi) is 5.38. The summed E-state index contributed by atoms with van der Waals surface area (Å²) in [7, 11) is -3.81. The van der Waals surface area contributed by atoms with Gasteiger partial charge in [-0.05, 0) is 31.2 Å². The standard InChI is InChI=1S/C18H15ClN4O3S/c1-12-6-8-14(9-7-12)27(25,26)23-18-20-10-13(11-21-18)17(24)22-16-5-3-2-4-15(16)19/h2-11H,1H3,(H,22,24)(H,20,21,23). The maximum absolute atomic E-state index is 12.3. The Balaban J connectivity index is 1.72. The molecule has 2 aromatic carbocycles. The molecular weight excluding hydrogens is 388 g/mol. The van der Waals surface area contributed by atoms with Gasteiger partial charge in [0.25, 0.3) is 15.9 Å². The molecule has 0 bridgehead atoms. The van der Waals surface area contributed by atoms with Gasteiger partial charge in [0, 0.05) is 12.4 Å². The monoisotopic (exact) mass is 402 g/mol. The van der Waals surface area contributed by atoms with E-state index in [4.69, 9.17) is 11.6 Å². The number of carbonyl (C=O) groups is 1. The minimum Gasteiger partial charge on any atom is -0.321 e. The van der Waals surface area contributed by atoms with Crippen molar-refractivity contribution in [2.45, 2.75) is 11.8 Å². The highest BCUT2D eigenvalue weighted by atomic mass is 35.5. The second kappa shape index (κ2) is 7.73. The zero-order chi connectivity index (χ0) is 19.4. The summed E-state index contributed by atoms with van der Waals surface area (Å²) in [6.45, 7) is 1.86.